The summed E-state index contributed by atoms with van der Waals surface area (Å²) in [6.45, 7) is 2.50. The third-order valence-electron chi connectivity index (χ3n) is 5.93. The maximum absolute atomic E-state index is 12.9. The summed E-state index contributed by atoms with van der Waals surface area (Å²) in [6.07, 6.45) is 3.31. The molecular weight excluding hydrogens is 454 g/mol. The second-order valence-corrected chi connectivity index (χ2v) is 12.1. The summed E-state index contributed by atoms with van der Waals surface area (Å²) in [6, 6.07) is 7.24. The molecule has 1 fully saturated rings. The maximum Gasteiger partial charge on any atom is 0.251 e. The van der Waals surface area contributed by atoms with E-state index in [0.717, 1.165) is 29.0 Å². The molecule has 3 heterocycles. The number of rotatable bonds is 7. The zero-order chi connectivity index (χ0) is 23.1. The predicted molar refractivity (Wildman–Crippen MR) is 120 cm³/mol. The number of benzene rings is 1. The lowest BCUT2D eigenvalue weighted by atomic mass is 10.1. The van der Waals surface area contributed by atoms with Crippen LogP contribution < -0.4 is 9.86 Å². The largest absolute Gasteiger partial charge is 0.306 e. The molecule has 0 radical (unpaired) electrons. The number of sulfonamides is 2. The van der Waals surface area contributed by atoms with Crippen molar-refractivity contribution in [2.45, 2.75) is 37.6 Å². The van der Waals surface area contributed by atoms with Crippen molar-refractivity contribution in [3.63, 3.8) is 0 Å². The summed E-state index contributed by atoms with van der Waals surface area (Å²) in [5.41, 5.74) is 1.20. The Morgan fingerprint density at radius 2 is 1.72 bits per heavy atom. The van der Waals surface area contributed by atoms with E-state index < -0.39 is 25.6 Å². The Balaban J connectivity index is 1.58. The van der Waals surface area contributed by atoms with E-state index >= 15 is 0 Å². The van der Waals surface area contributed by atoms with Gasteiger partial charge in [0.05, 0.1) is 22.9 Å². The Labute approximate surface area is 187 Å². The fraction of sp³-hybridized carbons (Fsp3) is 0.429. The van der Waals surface area contributed by atoms with Crippen LogP contribution in [-0.2, 0) is 33.0 Å². The molecule has 0 amide bonds. The van der Waals surface area contributed by atoms with Gasteiger partial charge in [0.25, 0.3) is 5.56 Å². The van der Waals surface area contributed by atoms with Crippen molar-refractivity contribution in [1.29, 1.82) is 0 Å². The fourth-order valence-electron chi connectivity index (χ4n) is 4.10. The molecule has 0 spiro atoms. The number of aromatic nitrogens is 1. The van der Waals surface area contributed by atoms with Crippen LogP contribution in [0, 0.1) is 0 Å². The van der Waals surface area contributed by atoms with Gasteiger partial charge >= 0.3 is 0 Å². The first kappa shape index (κ1) is 22.7. The van der Waals surface area contributed by atoms with Crippen molar-refractivity contribution in [3.05, 3.63) is 58.0 Å². The van der Waals surface area contributed by atoms with E-state index in [-0.39, 0.29) is 23.0 Å². The number of hydrogen-bond donors (Lipinski definition) is 0. The second kappa shape index (κ2) is 8.45. The van der Waals surface area contributed by atoms with Gasteiger partial charge in [0.1, 0.15) is 0 Å². The van der Waals surface area contributed by atoms with E-state index in [1.165, 1.54) is 20.9 Å². The van der Waals surface area contributed by atoms with E-state index in [1.807, 2.05) is 0 Å². The lowest BCUT2D eigenvalue weighted by molar-refractivity contribution is 0.0970. The molecule has 0 N–H and O–H groups in total. The van der Waals surface area contributed by atoms with Crippen LogP contribution in [0.1, 0.15) is 35.7 Å². The number of fused-ring (bicyclic) bond motifs is 1. The van der Waals surface area contributed by atoms with E-state index in [2.05, 4.69) is 0 Å². The van der Waals surface area contributed by atoms with Crippen molar-refractivity contribution in [2.75, 3.05) is 29.7 Å². The van der Waals surface area contributed by atoms with Crippen LogP contribution in [0.15, 0.2) is 46.2 Å². The number of carbonyl (C=O) groups excluding carboxylic acids is 1. The molecule has 0 atom stereocenters. The quantitative estimate of drug-likeness (QED) is 0.552. The number of Topliss-reactive ketones (excluding diaryl/α,β-unsaturated/α-hetero) is 1. The first-order valence-corrected chi connectivity index (χ1v) is 13.6. The van der Waals surface area contributed by atoms with Gasteiger partial charge in [0.2, 0.25) is 20.0 Å². The molecule has 0 bridgehead atoms. The van der Waals surface area contributed by atoms with Crippen LogP contribution in [-0.4, -0.2) is 56.9 Å². The molecule has 9 nitrogen and oxygen atoms in total. The van der Waals surface area contributed by atoms with Gasteiger partial charge in [-0.25, -0.2) is 16.8 Å². The van der Waals surface area contributed by atoms with Gasteiger partial charge < -0.3 is 4.57 Å². The molecule has 2 aliphatic heterocycles. The number of carbonyl (C=O) groups is 1. The van der Waals surface area contributed by atoms with E-state index in [1.54, 1.807) is 25.1 Å². The van der Waals surface area contributed by atoms with Crippen molar-refractivity contribution in [2.24, 2.45) is 0 Å². The van der Waals surface area contributed by atoms with E-state index in [4.69, 9.17) is 0 Å². The third kappa shape index (κ3) is 4.12. The highest BCUT2D eigenvalue weighted by molar-refractivity contribution is 7.92. The molecule has 1 saturated heterocycles. The molecule has 1 aromatic carbocycles. The number of ketones is 1. The first-order valence-electron chi connectivity index (χ1n) is 10.5. The Kier molecular flexibility index (Phi) is 5.99. The molecule has 11 heteroatoms. The minimum atomic E-state index is -3.71. The van der Waals surface area contributed by atoms with Crippen molar-refractivity contribution < 1.29 is 21.6 Å². The standard InChI is InChI=1S/C21H25N3O6S2/c1-2-31(27,28)24-12-9-16-13-17(5-7-19(16)24)20(25)15-22-14-18(6-8-21(22)26)32(29,30)23-10-3-4-11-23/h5-8,13-14H,2-4,9-12,15H2,1H3. The van der Waals surface area contributed by atoms with Crippen molar-refractivity contribution >= 4 is 31.5 Å². The maximum atomic E-state index is 12.9. The van der Waals surface area contributed by atoms with Crippen LogP contribution in [0.25, 0.3) is 0 Å². The molecule has 172 valence electrons. The highest BCUT2D eigenvalue weighted by atomic mass is 32.2. The lowest BCUT2D eigenvalue weighted by Gasteiger charge is -2.18. The predicted octanol–water partition coefficient (Wildman–Crippen LogP) is 1.23. The highest BCUT2D eigenvalue weighted by Gasteiger charge is 2.29. The van der Waals surface area contributed by atoms with E-state index in [9.17, 15) is 26.4 Å². The van der Waals surface area contributed by atoms with E-state index in [0.29, 0.717) is 37.3 Å². The van der Waals surface area contributed by atoms with Gasteiger partial charge in [-0.15, -0.1) is 0 Å². The summed E-state index contributed by atoms with van der Waals surface area (Å²) in [4.78, 5) is 25.1. The van der Waals surface area contributed by atoms with Gasteiger partial charge in [0.15, 0.2) is 5.78 Å². The normalized spacial score (nSPS) is 17.0. The molecular formula is C21H25N3O6S2. The fourth-order valence-corrected chi connectivity index (χ4v) is 6.80. The van der Waals surface area contributed by atoms with Gasteiger partial charge in [0, 0.05) is 37.5 Å². The lowest BCUT2D eigenvalue weighted by Crippen LogP contribution is -2.30. The minimum Gasteiger partial charge on any atom is -0.306 e. The Morgan fingerprint density at radius 3 is 2.41 bits per heavy atom. The van der Waals surface area contributed by atoms with Crippen molar-refractivity contribution in [1.82, 2.24) is 8.87 Å². The molecule has 0 unspecified atom stereocenters. The summed E-state index contributed by atoms with van der Waals surface area (Å²) in [5, 5.41) is 0. The number of nitrogens with zero attached hydrogens (tertiary/aromatic N) is 3. The average molecular weight is 480 g/mol. The zero-order valence-electron chi connectivity index (χ0n) is 17.7. The van der Waals surface area contributed by atoms with Crippen LogP contribution in [0.5, 0.6) is 0 Å². The Hall–Kier alpha value is -2.50. The number of anilines is 1. The molecule has 4 rings (SSSR count). The molecule has 2 aliphatic rings. The highest BCUT2D eigenvalue weighted by Crippen LogP contribution is 2.31. The zero-order valence-corrected chi connectivity index (χ0v) is 19.4. The molecule has 1 aromatic heterocycles. The van der Waals surface area contributed by atoms with Gasteiger partial charge in [-0.1, -0.05) is 0 Å². The first-order chi connectivity index (χ1) is 15.1. The van der Waals surface area contributed by atoms with Crippen LogP contribution in [0.2, 0.25) is 0 Å². The SMILES string of the molecule is CCS(=O)(=O)N1CCc2cc(C(=O)Cn3cc(S(=O)(=O)N4CCCC4)ccc3=O)ccc21. The molecule has 0 aliphatic carbocycles. The number of pyridine rings is 1. The monoisotopic (exact) mass is 479 g/mol. The Bertz CT molecular complexity index is 1330. The average Bonchev–Trinajstić information content (AvgIpc) is 3.45. The van der Waals surface area contributed by atoms with Crippen LogP contribution >= 0.6 is 0 Å². The second-order valence-electron chi connectivity index (χ2n) is 7.93. The van der Waals surface area contributed by atoms with Gasteiger partial charge in [-0.3, -0.25) is 13.9 Å². The summed E-state index contributed by atoms with van der Waals surface area (Å²) in [5.74, 6) is -0.366. The molecule has 0 saturated carbocycles. The summed E-state index contributed by atoms with van der Waals surface area (Å²) >= 11 is 0. The Morgan fingerprint density at radius 1 is 1.00 bits per heavy atom. The summed E-state index contributed by atoms with van der Waals surface area (Å²) in [7, 11) is -7.09. The molecule has 32 heavy (non-hydrogen) atoms. The smallest absolute Gasteiger partial charge is 0.251 e. The third-order valence-corrected chi connectivity index (χ3v) is 9.59. The topological polar surface area (TPSA) is 114 Å². The minimum absolute atomic E-state index is 0.00723. The van der Waals surface area contributed by atoms with Crippen LogP contribution in [0.3, 0.4) is 0 Å². The van der Waals surface area contributed by atoms with Gasteiger partial charge in [-0.2, -0.15) is 4.31 Å². The summed E-state index contributed by atoms with van der Waals surface area (Å²) < 4.78 is 53.9. The van der Waals surface area contributed by atoms with Crippen LogP contribution in [0.4, 0.5) is 5.69 Å². The number of hydrogen-bond acceptors (Lipinski definition) is 6. The molecule has 2 aromatic rings. The van der Waals surface area contributed by atoms with Gasteiger partial charge in [-0.05, 0) is 56.0 Å². The van der Waals surface area contributed by atoms with Crippen molar-refractivity contribution in [3.8, 4) is 0 Å².